The Kier molecular flexibility index (Phi) is 4.82. The molecule has 0 bridgehead atoms. The molecule has 29 heavy (non-hydrogen) atoms. The van der Waals surface area contributed by atoms with Crippen LogP contribution in [0, 0.1) is 18.3 Å². The summed E-state index contributed by atoms with van der Waals surface area (Å²) in [4.78, 5) is 37.1. The van der Waals surface area contributed by atoms with Crippen LogP contribution in [0.5, 0.6) is 0 Å². The van der Waals surface area contributed by atoms with Crippen LogP contribution < -0.4 is 10.6 Å². The SMILES string of the molecule is Cc1cccc(-c2csc(NC(=O)CNC(=O)c3cn(C4(C#N)CC4)cn3)n2)n1. The van der Waals surface area contributed by atoms with Crippen LogP contribution >= 0.6 is 11.3 Å². The zero-order valence-electron chi connectivity index (χ0n) is 15.5. The third kappa shape index (κ3) is 4.00. The van der Waals surface area contributed by atoms with Gasteiger partial charge < -0.3 is 15.2 Å². The molecule has 0 radical (unpaired) electrons. The Labute approximate surface area is 170 Å². The molecule has 0 saturated heterocycles. The predicted molar refractivity (Wildman–Crippen MR) is 106 cm³/mol. The molecule has 3 aromatic heterocycles. The van der Waals surface area contributed by atoms with Crippen LogP contribution in [0.4, 0.5) is 5.13 Å². The van der Waals surface area contributed by atoms with Crippen LogP contribution in [-0.4, -0.2) is 37.9 Å². The largest absolute Gasteiger partial charge is 0.342 e. The van der Waals surface area contributed by atoms with E-state index in [9.17, 15) is 14.9 Å². The van der Waals surface area contributed by atoms with E-state index in [1.807, 2.05) is 30.5 Å². The van der Waals surface area contributed by atoms with Crippen LogP contribution in [0.15, 0.2) is 36.1 Å². The van der Waals surface area contributed by atoms with E-state index < -0.39 is 17.4 Å². The molecule has 9 nitrogen and oxygen atoms in total. The van der Waals surface area contributed by atoms with Gasteiger partial charge >= 0.3 is 0 Å². The van der Waals surface area contributed by atoms with Gasteiger partial charge in [-0.05, 0) is 31.9 Å². The molecular weight excluding hydrogens is 390 g/mol. The van der Waals surface area contributed by atoms with Crippen molar-refractivity contribution in [3.8, 4) is 17.5 Å². The smallest absolute Gasteiger partial charge is 0.271 e. The number of hydrogen-bond acceptors (Lipinski definition) is 7. The molecule has 1 aliphatic carbocycles. The Bertz CT molecular complexity index is 1120. The molecule has 2 amide bonds. The van der Waals surface area contributed by atoms with Gasteiger partial charge in [0.15, 0.2) is 5.13 Å². The molecule has 3 heterocycles. The van der Waals surface area contributed by atoms with E-state index in [0.29, 0.717) is 10.8 Å². The Morgan fingerprint density at radius 3 is 2.86 bits per heavy atom. The minimum atomic E-state index is -0.572. The lowest BCUT2D eigenvalue weighted by molar-refractivity contribution is -0.115. The molecular formula is C19H17N7O2S. The van der Waals surface area contributed by atoms with Crippen LogP contribution in [0.1, 0.15) is 29.0 Å². The van der Waals surface area contributed by atoms with Crippen molar-refractivity contribution in [2.75, 3.05) is 11.9 Å². The predicted octanol–water partition coefficient (Wildman–Crippen LogP) is 2.09. The number of carbonyl (C=O) groups is 2. The molecule has 0 atom stereocenters. The first-order valence-electron chi connectivity index (χ1n) is 8.92. The molecule has 0 aromatic carbocycles. The number of nitriles is 1. The highest BCUT2D eigenvalue weighted by molar-refractivity contribution is 7.14. The maximum atomic E-state index is 12.2. The zero-order chi connectivity index (χ0) is 20.4. The number of amides is 2. The van der Waals surface area contributed by atoms with Gasteiger partial charge in [0.2, 0.25) is 5.91 Å². The first-order valence-corrected chi connectivity index (χ1v) is 9.80. The summed E-state index contributed by atoms with van der Waals surface area (Å²) < 4.78 is 1.65. The minimum Gasteiger partial charge on any atom is -0.342 e. The second-order valence-electron chi connectivity index (χ2n) is 6.74. The summed E-state index contributed by atoms with van der Waals surface area (Å²) in [7, 11) is 0. The fraction of sp³-hybridized carbons (Fsp3) is 0.263. The molecule has 4 rings (SSSR count). The van der Waals surface area contributed by atoms with E-state index in [1.54, 1.807) is 4.57 Å². The molecule has 0 unspecified atom stereocenters. The van der Waals surface area contributed by atoms with Crippen molar-refractivity contribution in [3.63, 3.8) is 0 Å². The van der Waals surface area contributed by atoms with E-state index in [2.05, 4.69) is 31.7 Å². The van der Waals surface area contributed by atoms with Crippen molar-refractivity contribution in [3.05, 3.63) is 47.5 Å². The lowest BCUT2D eigenvalue weighted by Gasteiger charge is -2.05. The van der Waals surface area contributed by atoms with Gasteiger partial charge in [0.1, 0.15) is 16.9 Å². The quantitative estimate of drug-likeness (QED) is 0.644. The average Bonchev–Trinajstić information content (AvgIpc) is 3.13. The fourth-order valence-electron chi connectivity index (χ4n) is 2.77. The van der Waals surface area contributed by atoms with Gasteiger partial charge in [-0.1, -0.05) is 6.07 Å². The zero-order valence-corrected chi connectivity index (χ0v) is 16.4. The number of nitrogens with one attached hydrogen (secondary N) is 2. The van der Waals surface area contributed by atoms with Gasteiger partial charge in [-0.25, -0.2) is 9.97 Å². The Hall–Kier alpha value is -3.58. The van der Waals surface area contributed by atoms with Crippen LogP contribution in [0.25, 0.3) is 11.4 Å². The monoisotopic (exact) mass is 407 g/mol. The number of hydrogen-bond donors (Lipinski definition) is 2. The molecule has 10 heteroatoms. The van der Waals surface area contributed by atoms with E-state index >= 15 is 0 Å². The van der Waals surface area contributed by atoms with Gasteiger partial charge in [-0.3, -0.25) is 14.6 Å². The van der Waals surface area contributed by atoms with Gasteiger partial charge in [-0.15, -0.1) is 11.3 Å². The first-order chi connectivity index (χ1) is 14.0. The molecule has 1 aliphatic rings. The second-order valence-corrected chi connectivity index (χ2v) is 7.60. The third-order valence-corrected chi connectivity index (χ3v) is 5.31. The topological polar surface area (TPSA) is 126 Å². The lowest BCUT2D eigenvalue weighted by Crippen LogP contribution is -2.33. The van der Waals surface area contributed by atoms with Crippen molar-refractivity contribution in [1.29, 1.82) is 5.26 Å². The summed E-state index contributed by atoms with van der Waals surface area (Å²) in [6, 6.07) is 7.88. The van der Waals surface area contributed by atoms with Gasteiger partial charge in [0.25, 0.3) is 5.91 Å². The highest BCUT2D eigenvalue weighted by Gasteiger charge is 2.45. The summed E-state index contributed by atoms with van der Waals surface area (Å²) in [6.07, 6.45) is 4.50. The fourth-order valence-corrected chi connectivity index (χ4v) is 3.49. The lowest BCUT2D eigenvalue weighted by atomic mass is 10.3. The highest BCUT2D eigenvalue weighted by atomic mass is 32.1. The van der Waals surface area contributed by atoms with E-state index in [4.69, 9.17) is 0 Å². The maximum Gasteiger partial charge on any atom is 0.271 e. The molecule has 1 fully saturated rings. The van der Waals surface area contributed by atoms with Crippen LogP contribution in [-0.2, 0) is 10.3 Å². The number of aryl methyl sites for hydroxylation is 1. The maximum absolute atomic E-state index is 12.2. The van der Waals surface area contributed by atoms with E-state index in [0.717, 1.165) is 24.2 Å². The normalized spacial score (nSPS) is 14.1. The summed E-state index contributed by atoms with van der Waals surface area (Å²) in [5.74, 6) is -0.872. The van der Waals surface area contributed by atoms with Crippen molar-refractivity contribution in [2.24, 2.45) is 0 Å². The molecule has 2 N–H and O–H groups in total. The van der Waals surface area contributed by atoms with Crippen molar-refractivity contribution >= 4 is 28.3 Å². The summed E-state index contributed by atoms with van der Waals surface area (Å²) in [5.41, 5.74) is 1.89. The van der Waals surface area contributed by atoms with Gasteiger partial charge in [0.05, 0.1) is 24.6 Å². The van der Waals surface area contributed by atoms with Crippen molar-refractivity contribution in [1.82, 2.24) is 24.8 Å². The number of imidazole rings is 1. The summed E-state index contributed by atoms with van der Waals surface area (Å²) in [6.45, 7) is 1.68. The second kappa shape index (κ2) is 7.44. The number of pyridine rings is 1. The number of carbonyl (C=O) groups excluding carboxylic acids is 2. The number of rotatable bonds is 6. The van der Waals surface area contributed by atoms with E-state index in [1.165, 1.54) is 23.9 Å². The number of nitrogens with zero attached hydrogens (tertiary/aromatic N) is 5. The Morgan fingerprint density at radius 2 is 2.14 bits per heavy atom. The number of thiazole rings is 1. The number of anilines is 1. The summed E-state index contributed by atoms with van der Waals surface area (Å²) in [5, 5.41) is 16.6. The van der Waals surface area contributed by atoms with Crippen molar-refractivity contribution < 1.29 is 9.59 Å². The molecule has 0 spiro atoms. The Balaban J connectivity index is 1.31. The van der Waals surface area contributed by atoms with Crippen molar-refractivity contribution in [2.45, 2.75) is 25.3 Å². The van der Waals surface area contributed by atoms with Gasteiger partial charge in [0, 0.05) is 17.3 Å². The highest BCUT2D eigenvalue weighted by Crippen LogP contribution is 2.42. The summed E-state index contributed by atoms with van der Waals surface area (Å²) >= 11 is 1.28. The Morgan fingerprint density at radius 1 is 1.31 bits per heavy atom. The average molecular weight is 407 g/mol. The van der Waals surface area contributed by atoms with E-state index in [-0.39, 0.29) is 12.2 Å². The number of aromatic nitrogens is 4. The molecule has 1 saturated carbocycles. The molecule has 0 aliphatic heterocycles. The van der Waals surface area contributed by atoms with Crippen LogP contribution in [0.2, 0.25) is 0 Å². The third-order valence-electron chi connectivity index (χ3n) is 4.55. The van der Waals surface area contributed by atoms with Crippen LogP contribution in [0.3, 0.4) is 0 Å². The minimum absolute atomic E-state index is 0.168. The molecule has 146 valence electrons. The molecule has 3 aromatic rings. The van der Waals surface area contributed by atoms with Gasteiger partial charge in [-0.2, -0.15) is 5.26 Å². The first kappa shape index (κ1) is 18.8. The standard InChI is InChI=1S/C19H17N7O2S/c1-12-3-2-4-13(23-12)15-9-29-18(24-15)25-16(27)7-21-17(28)14-8-26(11-22-14)19(10-20)5-6-19/h2-4,8-9,11H,5-7H2,1H3,(H,21,28)(H,24,25,27).